The lowest BCUT2D eigenvalue weighted by molar-refractivity contribution is 0.0875. The first-order valence-electron chi connectivity index (χ1n) is 9.09. The van der Waals surface area contributed by atoms with Crippen molar-refractivity contribution in [3.8, 4) is 0 Å². The highest BCUT2D eigenvalue weighted by atomic mass is 16.2. The van der Waals surface area contributed by atoms with Gasteiger partial charge in [0.05, 0.1) is 23.0 Å². The molecule has 4 heteroatoms. The summed E-state index contributed by atoms with van der Waals surface area (Å²) in [5.41, 5.74) is 5.91. The molecular formula is C23H19N3O. The van der Waals surface area contributed by atoms with Gasteiger partial charge in [0, 0.05) is 24.4 Å². The number of amides is 1. The largest absolute Gasteiger partial charge is 0.318 e. The fraction of sp³-hybridized carbons (Fsp3) is 0.130. The van der Waals surface area contributed by atoms with Gasteiger partial charge in [0.1, 0.15) is 5.82 Å². The molecule has 1 unspecified atom stereocenters. The minimum atomic E-state index is 0.0396. The molecule has 2 aliphatic heterocycles. The van der Waals surface area contributed by atoms with Gasteiger partial charge in [-0.05, 0) is 42.8 Å². The lowest BCUT2D eigenvalue weighted by Gasteiger charge is -2.32. The monoisotopic (exact) mass is 353 g/mol. The van der Waals surface area contributed by atoms with Gasteiger partial charge in [0.25, 0.3) is 5.91 Å². The maximum absolute atomic E-state index is 12.8. The van der Waals surface area contributed by atoms with Gasteiger partial charge in [-0.2, -0.15) is 0 Å². The molecule has 0 bridgehead atoms. The number of nitrogens with zero attached hydrogens (tertiary/aromatic N) is 3. The number of aromatic nitrogens is 1. The van der Waals surface area contributed by atoms with E-state index in [0.29, 0.717) is 0 Å². The van der Waals surface area contributed by atoms with Gasteiger partial charge in [-0.15, -0.1) is 0 Å². The van der Waals surface area contributed by atoms with E-state index in [4.69, 9.17) is 4.98 Å². The maximum Gasteiger partial charge on any atom is 0.258 e. The number of pyridine rings is 1. The van der Waals surface area contributed by atoms with Gasteiger partial charge >= 0.3 is 0 Å². The van der Waals surface area contributed by atoms with Gasteiger partial charge in [0.15, 0.2) is 0 Å². The quantitative estimate of drug-likeness (QED) is 0.659. The van der Waals surface area contributed by atoms with Crippen LogP contribution in [0.4, 0.5) is 11.5 Å². The summed E-state index contributed by atoms with van der Waals surface area (Å²) in [6.07, 6.45) is 3.90. The second-order valence-electron chi connectivity index (χ2n) is 6.97. The minimum absolute atomic E-state index is 0.0396. The molecule has 4 nitrogen and oxygen atoms in total. The van der Waals surface area contributed by atoms with Crippen LogP contribution in [-0.4, -0.2) is 22.8 Å². The van der Waals surface area contributed by atoms with Gasteiger partial charge in [-0.3, -0.25) is 4.79 Å². The molecule has 27 heavy (non-hydrogen) atoms. The van der Waals surface area contributed by atoms with E-state index in [1.165, 1.54) is 5.56 Å². The average Bonchev–Trinajstić information content (AvgIpc) is 2.87. The van der Waals surface area contributed by atoms with Crippen LogP contribution in [0.15, 0.2) is 66.9 Å². The SMILES string of the molecule is CC(c1ccccc1)N1c2cccc3c2C(=Cc2cccnc21)N(C)C3=O. The van der Waals surface area contributed by atoms with E-state index in [1.54, 1.807) is 4.90 Å². The van der Waals surface area contributed by atoms with Crippen molar-refractivity contribution in [3.05, 3.63) is 89.1 Å². The third kappa shape index (κ3) is 2.23. The van der Waals surface area contributed by atoms with Crippen molar-refractivity contribution in [2.75, 3.05) is 11.9 Å². The van der Waals surface area contributed by atoms with Crippen molar-refractivity contribution in [3.63, 3.8) is 0 Å². The van der Waals surface area contributed by atoms with Crippen LogP contribution < -0.4 is 4.90 Å². The summed E-state index contributed by atoms with van der Waals surface area (Å²) in [6, 6.07) is 20.4. The Hall–Kier alpha value is -3.40. The molecule has 0 fully saturated rings. The van der Waals surface area contributed by atoms with Crippen LogP contribution in [0.5, 0.6) is 0 Å². The van der Waals surface area contributed by atoms with E-state index in [9.17, 15) is 4.79 Å². The third-order valence-electron chi connectivity index (χ3n) is 5.46. The van der Waals surface area contributed by atoms with Gasteiger partial charge in [-0.1, -0.05) is 36.4 Å². The Bertz CT molecular complexity index is 1090. The molecule has 1 amide bonds. The zero-order valence-corrected chi connectivity index (χ0v) is 15.3. The van der Waals surface area contributed by atoms with Gasteiger partial charge in [0.2, 0.25) is 0 Å². The van der Waals surface area contributed by atoms with Crippen molar-refractivity contribution in [2.24, 2.45) is 0 Å². The van der Waals surface area contributed by atoms with Crippen LogP contribution in [-0.2, 0) is 0 Å². The molecule has 3 aromatic rings. The molecule has 1 aromatic heterocycles. The highest BCUT2D eigenvalue weighted by molar-refractivity contribution is 6.15. The van der Waals surface area contributed by atoms with Crippen LogP contribution in [0.1, 0.15) is 40.0 Å². The first-order valence-corrected chi connectivity index (χ1v) is 9.09. The lowest BCUT2D eigenvalue weighted by atomic mass is 10.0. The smallest absolute Gasteiger partial charge is 0.258 e. The number of fused-ring (bicyclic) bond motifs is 1. The van der Waals surface area contributed by atoms with Crippen molar-refractivity contribution < 1.29 is 4.79 Å². The summed E-state index contributed by atoms with van der Waals surface area (Å²) < 4.78 is 0. The fourth-order valence-corrected chi connectivity index (χ4v) is 4.07. The number of carbonyl (C=O) groups is 1. The van der Waals surface area contributed by atoms with Crippen molar-refractivity contribution in [2.45, 2.75) is 13.0 Å². The average molecular weight is 353 g/mol. The van der Waals surface area contributed by atoms with Crippen LogP contribution in [0.2, 0.25) is 0 Å². The number of carbonyl (C=O) groups excluding carboxylic acids is 1. The Morgan fingerprint density at radius 2 is 1.78 bits per heavy atom. The second-order valence-corrected chi connectivity index (χ2v) is 6.97. The zero-order chi connectivity index (χ0) is 18.5. The summed E-state index contributed by atoms with van der Waals surface area (Å²) in [7, 11) is 1.84. The standard InChI is InChI=1S/C23H19N3O/c1-15(16-8-4-3-5-9-16)26-19-12-6-11-18-21(19)20(25(2)23(18)27)14-17-10-7-13-24-22(17)26/h3-15H,1-2H3. The molecule has 0 saturated carbocycles. The highest BCUT2D eigenvalue weighted by Gasteiger charge is 2.37. The number of benzene rings is 2. The molecule has 3 heterocycles. The Kier molecular flexibility index (Phi) is 3.41. The predicted octanol–water partition coefficient (Wildman–Crippen LogP) is 4.88. The number of hydrogen-bond donors (Lipinski definition) is 0. The summed E-state index contributed by atoms with van der Waals surface area (Å²) in [5, 5.41) is 0. The fourth-order valence-electron chi connectivity index (χ4n) is 4.07. The topological polar surface area (TPSA) is 36.4 Å². The molecule has 0 N–H and O–H groups in total. The minimum Gasteiger partial charge on any atom is -0.318 e. The molecular weight excluding hydrogens is 334 g/mol. The van der Waals surface area contributed by atoms with Gasteiger partial charge < -0.3 is 9.80 Å². The van der Waals surface area contributed by atoms with Crippen molar-refractivity contribution in [1.29, 1.82) is 0 Å². The number of rotatable bonds is 2. The number of anilines is 2. The Balaban J connectivity index is 1.81. The maximum atomic E-state index is 12.8. The van der Waals surface area contributed by atoms with Crippen LogP contribution >= 0.6 is 0 Å². The first-order chi connectivity index (χ1) is 13.2. The Morgan fingerprint density at radius 3 is 2.59 bits per heavy atom. The molecule has 132 valence electrons. The third-order valence-corrected chi connectivity index (χ3v) is 5.46. The normalized spacial score (nSPS) is 15.8. The zero-order valence-electron chi connectivity index (χ0n) is 15.3. The second kappa shape index (κ2) is 5.81. The molecule has 2 aromatic carbocycles. The number of hydrogen-bond acceptors (Lipinski definition) is 3. The molecule has 0 spiro atoms. The van der Waals surface area contributed by atoms with Crippen molar-refractivity contribution in [1.82, 2.24) is 9.88 Å². The predicted molar refractivity (Wildman–Crippen MR) is 108 cm³/mol. The summed E-state index contributed by atoms with van der Waals surface area (Å²) in [6.45, 7) is 2.18. The first kappa shape index (κ1) is 15.8. The van der Waals surface area contributed by atoms with E-state index in [2.05, 4.69) is 54.3 Å². The van der Waals surface area contributed by atoms with E-state index in [1.807, 2.05) is 37.5 Å². The molecule has 0 aliphatic carbocycles. The van der Waals surface area contributed by atoms with E-state index in [0.717, 1.165) is 33.9 Å². The van der Waals surface area contributed by atoms with E-state index >= 15 is 0 Å². The van der Waals surface area contributed by atoms with Crippen molar-refractivity contribution >= 4 is 29.2 Å². The molecule has 0 saturated heterocycles. The highest BCUT2D eigenvalue weighted by Crippen LogP contribution is 2.47. The molecule has 0 radical (unpaired) electrons. The molecule has 2 aliphatic rings. The van der Waals surface area contributed by atoms with E-state index < -0.39 is 0 Å². The summed E-state index contributed by atoms with van der Waals surface area (Å²) >= 11 is 0. The summed E-state index contributed by atoms with van der Waals surface area (Å²) in [4.78, 5) is 21.5. The molecule has 1 atom stereocenters. The summed E-state index contributed by atoms with van der Waals surface area (Å²) in [5.74, 6) is 0.947. The Labute approximate surface area is 158 Å². The van der Waals surface area contributed by atoms with Gasteiger partial charge in [-0.25, -0.2) is 4.98 Å². The van der Waals surface area contributed by atoms with Crippen LogP contribution in [0.3, 0.4) is 0 Å². The van der Waals surface area contributed by atoms with Crippen LogP contribution in [0, 0.1) is 0 Å². The van der Waals surface area contributed by atoms with E-state index in [-0.39, 0.29) is 11.9 Å². The van der Waals surface area contributed by atoms with Crippen LogP contribution in [0.25, 0.3) is 11.8 Å². The Morgan fingerprint density at radius 1 is 0.963 bits per heavy atom. The lowest BCUT2D eigenvalue weighted by Crippen LogP contribution is -2.23. The molecule has 5 rings (SSSR count).